The normalized spacial score (nSPS) is 20.7. The number of carbonyl (C=O) groups excluding carboxylic acids is 1. The summed E-state index contributed by atoms with van der Waals surface area (Å²) >= 11 is 0. The third-order valence-electron chi connectivity index (χ3n) is 5.14. The molecule has 23 heavy (non-hydrogen) atoms. The molecule has 2 fully saturated rings. The van der Waals surface area contributed by atoms with Gasteiger partial charge in [0.05, 0.1) is 5.60 Å². The van der Waals surface area contributed by atoms with Crippen LogP contribution in [0.25, 0.3) is 0 Å². The first-order chi connectivity index (χ1) is 11.0. The number of amides is 2. The first-order valence-corrected chi connectivity index (χ1v) is 8.66. The maximum Gasteiger partial charge on any atom is 0.319 e. The number of anilines is 2. The number of nitrogens with one attached hydrogen (secondary N) is 2. The zero-order valence-corrected chi connectivity index (χ0v) is 13.8. The van der Waals surface area contributed by atoms with Crippen molar-refractivity contribution in [3.05, 3.63) is 24.3 Å². The zero-order chi connectivity index (χ0) is 16.3. The quantitative estimate of drug-likeness (QED) is 0.800. The van der Waals surface area contributed by atoms with Crippen LogP contribution in [0.2, 0.25) is 0 Å². The van der Waals surface area contributed by atoms with Gasteiger partial charge in [0.15, 0.2) is 0 Å². The van der Waals surface area contributed by atoms with Gasteiger partial charge in [-0.3, -0.25) is 0 Å². The largest absolute Gasteiger partial charge is 0.388 e. The van der Waals surface area contributed by atoms with Crippen LogP contribution in [0, 0.1) is 5.92 Å². The lowest BCUT2D eigenvalue weighted by atomic mass is 9.80. The lowest BCUT2D eigenvalue weighted by Gasteiger charge is -2.36. The molecule has 1 aromatic rings. The van der Waals surface area contributed by atoms with Crippen molar-refractivity contribution in [1.29, 1.82) is 0 Å². The molecule has 0 bridgehead atoms. The van der Waals surface area contributed by atoms with Gasteiger partial charge in [0.2, 0.25) is 0 Å². The molecule has 3 rings (SSSR count). The molecule has 2 aliphatic rings. The minimum Gasteiger partial charge on any atom is -0.388 e. The van der Waals surface area contributed by atoms with E-state index in [1.807, 2.05) is 12.1 Å². The molecule has 0 atom stereocenters. The SMILES string of the molecule is CC1CCN(c2ccc(NC(=O)NCC3(O)CCC3)cc2)CC1. The fourth-order valence-electron chi connectivity index (χ4n) is 3.20. The van der Waals surface area contributed by atoms with Crippen molar-refractivity contribution in [2.45, 2.75) is 44.6 Å². The van der Waals surface area contributed by atoms with E-state index < -0.39 is 5.60 Å². The lowest BCUT2D eigenvalue weighted by molar-refractivity contribution is -0.0287. The number of carbonyl (C=O) groups is 1. The second-order valence-corrected chi connectivity index (χ2v) is 7.10. The predicted molar refractivity (Wildman–Crippen MR) is 92.9 cm³/mol. The van der Waals surface area contributed by atoms with Gasteiger partial charge < -0.3 is 20.6 Å². The average Bonchev–Trinajstić information content (AvgIpc) is 2.53. The van der Waals surface area contributed by atoms with Crippen molar-refractivity contribution in [2.75, 3.05) is 29.9 Å². The fourth-order valence-corrected chi connectivity index (χ4v) is 3.20. The number of hydrogen-bond acceptors (Lipinski definition) is 3. The maximum absolute atomic E-state index is 11.9. The Balaban J connectivity index is 1.48. The highest BCUT2D eigenvalue weighted by Gasteiger charge is 2.34. The number of aliphatic hydroxyl groups is 1. The van der Waals surface area contributed by atoms with Gasteiger partial charge in [-0.15, -0.1) is 0 Å². The predicted octanol–water partition coefficient (Wildman–Crippen LogP) is 2.96. The number of rotatable bonds is 4. The van der Waals surface area contributed by atoms with E-state index in [1.54, 1.807) is 0 Å². The summed E-state index contributed by atoms with van der Waals surface area (Å²) in [5.41, 5.74) is 1.30. The molecule has 0 unspecified atom stereocenters. The molecule has 1 saturated carbocycles. The third-order valence-corrected chi connectivity index (χ3v) is 5.14. The fraction of sp³-hybridized carbons (Fsp3) is 0.611. The number of piperidine rings is 1. The van der Waals surface area contributed by atoms with Crippen molar-refractivity contribution >= 4 is 17.4 Å². The van der Waals surface area contributed by atoms with Crippen LogP contribution in [0.1, 0.15) is 39.0 Å². The summed E-state index contributed by atoms with van der Waals surface area (Å²) in [7, 11) is 0. The summed E-state index contributed by atoms with van der Waals surface area (Å²) in [6.45, 7) is 4.84. The van der Waals surface area contributed by atoms with Gasteiger partial charge in [0.25, 0.3) is 0 Å². The van der Waals surface area contributed by atoms with E-state index in [2.05, 4.69) is 34.6 Å². The van der Waals surface area contributed by atoms with Crippen LogP contribution in [-0.2, 0) is 0 Å². The molecule has 5 heteroatoms. The number of benzene rings is 1. The van der Waals surface area contributed by atoms with E-state index in [-0.39, 0.29) is 6.03 Å². The van der Waals surface area contributed by atoms with E-state index in [0.29, 0.717) is 6.54 Å². The Morgan fingerprint density at radius 3 is 2.48 bits per heavy atom. The van der Waals surface area contributed by atoms with Gasteiger partial charge in [0.1, 0.15) is 0 Å². The van der Waals surface area contributed by atoms with E-state index in [4.69, 9.17) is 0 Å². The van der Waals surface area contributed by atoms with Crippen LogP contribution < -0.4 is 15.5 Å². The number of hydrogen-bond donors (Lipinski definition) is 3. The van der Waals surface area contributed by atoms with Crippen LogP contribution in [0.5, 0.6) is 0 Å². The molecule has 0 radical (unpaired) electrons. The summed E-state index contributed by atoms with van der Waals surface area (Å²) in [6.07, 6.45) is 5.07. The molecule has 1 aromatic carbocycles. The van der Waals surface area contributed by atoms with Gasteiger partial charge in [-0.1, -0.05) is 6.92 Å². The van der Waals surface area contributed by atoms with Crippen molar-refractivity contribution in [3.63, 3.8) is 0 Å². The molecule has 0 spiro atoms. The van der Waals surface area contributed by atoms with Crippen LogP contribution in [0.15, 0.2) is 24.3 Å². The topological polar surface area (TPSA) is 64.6 Å². The summed E-state index contributed by atoms with van der Waals surface area (Å²) in [5.74, 6) is 0.821. The molecule has 126 valence electrons. The average molecular weight is 317 g/mol. The summed E-state index contributed by atoms with van der Waals surface area (Å²) in [6, 6.07) is 7.73. The van der Waals surface area contributed by atoms with Crippen molar-refractivity contribution in [3.8, 4) is 0 Å². The van der Waals surface area contributed by atoms with E-state index in [1.165, 1.54) is 18.5 Å². The Kier molecular flexibility index (Phi) is 4.76. The second-order valence-electron chi connectivity index (χ2n) is 7.10. The minimum absolute atomic E-state index is 0.259. The van der Waals surface area contributed by atoms with Gasteiger partial charge in [-0.25, -0.2) is 4.79 Å². The monoisotopic (exact) mass is 317 g/mol. The lowest BCUT2D eigenvalue weighted by Crippen LogP contribution is -2.48. The van der Waals surface area contributed by atoms with Gasteiger partial charge in [0, 0.05) is 31.0 Å². The number of urea groups is 1. The Bertz CT molecular complexity index is 532. The Morgan fingerprint density at radius 2 is 1.91 bits per heavy atom. The van der Waals surface area contributed by atoms with E-state index in [0.717, 1.165) is 44.0 Å². The zero-order valence-electron chi connectivity index (χ0n) is 13.8. The van der Waals surface area contributed by atoms with Crippen molar-refractivity contribution in [1.82, 2.24) is 5.32 Å². The van der Waals surface area contributed by atoms with E-state index in [9.17, 15) is 9.90 Å². The molecule has 3 N–H and O–H groups in total. The molecule has 1 heterocycles. The summed E-state index contributed by atoms with van der Waals surface area (Å²) < 4.78 is 0. The van der Waals surface area contributed by atoms with Gasteiger partial charge in [-0.05, 0) is 62.3 Å². The molecule has 0 aromatic heterocycles. The third kappa shape index (κ3) is 4.16. The Hall–Kier alpha value is -1.75. The highest BCUT2D eigenvalue weighted by atomic mass is 16.3. The van der Waals surface area contributed by atoms with Gasteiger partial charge >= 0.3 is 6.03 Å². The second kappa shape index (κ2) is 6.79. The van der Waals surface area contributed by atoms with Crippen LogP contribution in [-0.4, -0.2) is 36.4 Å². The molecular weight excluding hydrogens is 290 g/mol. The van der Waals surface area contributed by atoms with Crippen molar-refractivity contribution < 1.29 is 9.90 Å². The standard InChI is InChI=1S/C18H27N3O2/c1-14-7-11-21(12-8-14)16-5-3-15(4-6-16)20-17(22)19-13-18(23)9-2-10-18/h3-6,14,23H,2,7-13H2,1H3,(H2,19,20,22). The summed E-state index contributed by atoms with van der Waals surface area (Å²) in [4.78, 5) is 14.3. The van der Waals surface area contributed by atoms with Crippen molar-refractivity contribution in [2.24, 2.45) is 5.92 Å². The van der Waals surface area contributed by atoms with Crippen LogP contribution in [0.4, 0.5) is 16.2 Å². The van der Waals surface area contributed by atoms with E-state index >= 15 is 0 Å². The molecule has 1 saturated heterocycles. The molecule has 5 nitrogen and oxygen atoms in total. The Labute approximate surface area is 138 Å². The summed E-state index contributed by atoms with van der Waals surface area (Å²) in [5, 5.41) is 15.5. The first kappa shape index (κ1) is 16.1. The highest BCUT2D eigenvalue weighted by Crippen LogP contribution is 2.30. The maximum atomic E-state index is 11.9. The van der Waals surface area contributed by atoms with Gasteiger partial charge in [-0.2, -0.15) is 0 Å². The first-order valence-electron chi connectivity index (χ1n) is 8.66. The minimum atomic E-state index is -0.688. The molecule has 2 amide bonds. The Morgan fingerprint density at radius 1 is 1.26 bits per heavy atom. The smallest absolute Gasteiger partial charge is 0.319 e. The van der Waals surface area contributed by atoms with Crippen LogP contribution >= 0.6 is 0 Å². The molecule has 1 aliphatic heterocycles. The highest BCUT2D eigenvalue weighted by molar-refractivity contribution is 5.89. The molecule has 1 aliphatic carbocycles. The van der Waals surface area contributed by atoms with Crippen LogP contribution in [0.3, 0.4) is 0 Å². The molecular formula is C18H27N3O2. The number of nitrogens with zero attached hydrogens (tertiary/aromatic N) is 1.